The van der Waals surface area contributed by atoms with Gasteiger partial charge in [-0.25, -0.2) is 4.98 Å². The molecule has 0 saturated heterocycles. The van der Waals surface area contributed by atoms with Crippen LogP contribution in [0.2, 0.25) is 0 Å². The molecule has 140 valence electrons. The Kier molecular flexibility index (Phi) is 4.95. The molecule has 1 amide bonds. The molecule has 4 rings (SSSR count). The number of carbonyl (C=O) groups is 1. The van der Waals surface area contributed by atoms with Crippen molar-refractivity contribution in [1.82, 2.24) is 4.98 Å². The summed E-state index contributed by atoms with van der Waals surface area (Å²) in [7, 11) is 3.17. The van der Waals surface area contributed by atoms with Crippen LogP contribution in [-0.4, -0.2) is 25.1 Å². The number of anilines is 1. The number of fused-ring (bicyclic) bond motifs is 1. The standard InChI is InChI=1S/C22H18N2O3S/c1-26-18-12-17-20(13-19(18)27-2)28-22(23-17)24-21(25)16-10-8-15(9-11-16)14-6-4-3-5-7-14/h3-13H,1-2H3,(H,23,24,25). The minimum Gasteiger partial charge on any atom is -0.493 e. The quantitative estimate of drug-likeness (QED) is 0.507. The highest BCUT2D eigenvalue weighted by atomic mass is 32.1. The number of ether oxygens (including phenoxy) is 2. The maximum absolute atomic E-state index is 12.6. The minimum absolute atomic E-state index is 0.197. The number of hydrogen-bond donors (Lipinski definition) is 1. The maximum Gasteiger partial charge on any atom is 0.257 e. The van der Waals surface area contributed by atoms with Gasteiger partial charge in [-0.15, -0.1) is 0 Å². The van der Waals surface area contributed by atoms with Gasteiger partial charge in [-0.1, -0.05) is 53.8 Å². The van der Waals surface area contributed by atoms with E-state index in [1.807, 2.05) is 60.7 Å². The molecule has 1 aromatic heterocycles. The Hall–Kier alpha value is -3.38. The van der Waals surface area contributed by atoms with E-state index in [2.05, 4.69) is 10.3 Å². The lowest BCUT2D eigenvalue weighted by molar-refractivity contribution is 0.102. The lowest BCUT2D eigenvalue weighted by Gasteiger charge is -2.05. The second-order valence-corrected chi connectivity index (χ2v) is 7.12. The van der Waals surface area contributed by atoms with Crippen molar-refractivity contribution in [3.63, 3.8) is 0 Å². The van der Waals surface area contributed by atoms with Crippen molar-refractivity contribution in [2.24, 2.45) is 0 Å². The lowest BCUT2D eigenvalue weighted by Crippen LogP contribution is -2.11. The third-order valence-corrected chi connectivity index (χ3v) is 5.30. The summed E-state index contributed by atoms with van der Waals surface area (Å²) in [6.45, 7) is 0. The SMILES string of the molecule is COc1cc2nc(NC(=O)c3ccc(-c4ccccc4)cc3)sc2cc1OC. The normalized spacial score (nSPS) is 10.6. The monoisotopic (exact) mass is 390 g/mol. The number of thiazole rings is 1. The molecule has 6 heteroatoms. The van der Waals surface area contributed by atoms with Gasteiger partial charge in [0.25, 0.3) is 5.91 Å². The van der Waals surface area contributed by atoms with Crippen molar-refractivity contribution in [3.8, 4) is 22.6 Å². The average molecular weight is 390 g/mol. The van der Waals surface area contributed by atoms with E-state index in [4.69, 9.17) is 9.47 Å². The van der Waals surface area contributed by atoms with E-state index in [0.29, 0.717) is 22.2 Å². The average Bonchev–Trinajstić information content (AvgIpc) is 3.14. The number of amides is 1. The molecule has 0 aliphatic carbocycles. The second-order valence-electron chi connectivity index (χ2n) is 6.09. The van der Waals surface area contributed by atoms with Crippen LogP contribution >= 0.6 is 11.3 Å². The van der Waals surface area contributed by atoms with Crippen molar-refractivity contribution < 1.29 is 14.3 Å². The number of carbonyl (C=O) groups excluding carboxylic acids is 1. The molecular weight excluding hydrogens is 372 g/mol. The van der Waals surface area contributed by atoms with Crippen molar-refractivity contribution in [1.29, 1.82) is 0 Å². The van der Waals surface area contributed by atoms with E-state index in [0.717, 1.165) is 21.3 Å². The highest BCUT2D eigenvalue weighted by Gasteiger charge is 2.13. The van der Waals surface area contributed by atoms with Gasteiger partial charge in [-0.2, -0.15) is 0 Å². The predicted molar refractivity (Wildman–Crippen MR) is 113 cm³/mol. The number of benzene rings is 3. The van der Waals surface area contributed by atoms with Gasteiger partial charge in [0.15, 0.2) is 16.6 Å². The summed E-state index contributed by atoms with van der Waals surface area (Å²) >= 11 is 1.39. The van der Waals surface area contributed by atoms with Crippen LogP contribution in [0.3, 0.4) is 0 Å². The van der Waals surface area contributed by atoms with Crippen LogP contribution in [0.5, 0.6) is 11.5 Å². The van der Waals surface area contributed by atoms with Crippen molar-refractivity contribution in [2.45, 2.75) is 0 Å². The Balaban J connectivity index is 1.54. The van der Waals surface area contributed by atoms with Crippen LogP contribution in [0.1, 0.15) is 10.4 Å². The number of aromatic nitrogens is 1. The van der Waals surface area contributed by atoms with Crippen LogP contribution in [0.15, 0.2) is 66.7 Å². The Bertz CT molecular complexity index is 1080. The summed E-state index contributed by atoms with van der Waals surface area (Å²) in [4.78, 5) is 17.1. The predicted octanol–water partition coefficient (Wildman–Crippen LogP) is 5.23. The van der Waals surface area contributed by atoms with Gasteiger partial charge in [0.1, 0.15) is 0 Å². The van der Waals surface area contributed by atoms with Gasteiger partial charge in [0.05, 0.1) is 24.4 Å². The number of rotatable bonds is 5. The first-order chi connectivity index (χ1) is 13.7. The molecule has 0 spiro atoms. The first-order valence-corrected chi connectivity index (χ1v) is 9.49. The topological polar surface area (TPSA) is 60.5 Å². The van der Waals surface area contributed by atoms with Gasteiger partial charge in [0.2, 0.25) is 0 Å². The van der Waals surface area contributed by atoms with E-state index in [1.165, 1.54) is 11.3 Å². The molecular formula is C22H18N2O3S. The first-order valence-electron chi connectivity index (χ1n) is 8.67. The first kappa shape index (κ1) is 18.0. The highest BCUT2D eigenvalue weighted by molar-refractivity contribution is 7.22. The summed E-state index contributed by atoms with van der Waals surface area (Å²) in [6, 6.07) is 21.2. The molecule has 5 nitrogen and oxygen atoms in total. The number of methoxy groups -OCH3 is 2. The fourth-order valence-electron chi connectivity index (χ4n) is 2.92. The maximum atomic E-state index is 12.6. The van der Waals surface area contributed by atoms with Crippen LogP contribution < -0.4 is 14.8 Å². The minimum atomic E-state index is -0.197. The van der Waals surface area contributed by atoms with Crippen LogP contribution in [-0.2, 0) is 0 Å². The zero-order valence-corrected chi connectivity index (χ0v) is 16.2. The van der Waals surface area contributed by atoms with E-state index in [1.54, 1.807) is 20.3 Å². The van der Waals surface area contributed by atoms with E-state index < -0.39 is 0 Å². The molecule has 28 heavy (non-hydrogen) atoms. The highest BCUT2D eigenvalue weighted by Crippen LogP contribution is 2.36. The summed E-state index contributed by atoms with van der Waals surface area (Å²) in [6.07, 6.45) is 0. The summed E-state index contributed by atoms with van der Waals surface area (Å²) in [5, 5.41) is 3.40. The van der Waals surface area contributed by atoms with Gasteiger partial charge in [0, 0.05) is 17.7 Å². The molecule has 4 aromatic rings. The Morgan fingerprint density at radius 1 is 0.893 bits per heavy atom. The Labute approximate surface area is 166 Å². The van der Waals surface area contributed by atoms with E-state index >= 15 is 0 Å². The zero-order chi connectivity index (χ0) is 19.5. The van der Waals surface area contributed by atoms with Gasteiger partial charge in [-0.05, 0) is 23.3 Å². The Morgan fingerprint density at radius 2 is 1.54 bits per heavy atom. The summed E-state index contributed by atoms with van der Waals surface area (Å²) in [5.41, 5.74) is 3.51. The molecule has 0 radical (unpaired) electrons. The lowest BCUT2D eigenvalue weighted by atomic mass is 10.0. The molecule has 0 unspecified atom stereocenters. The number of nitrogens with one attached hydrogen (secondary N) is 1. The smallest absolute Gasteiger partial charge is 0.257 e. The fraction of sp³-hybridized carbons (Fsp3) is 0.0909. The molecule has 0 saturated carbocycles. The third kappa shape index (κ3) is 3.54. The summed E-state index contributed by atoms with van der Waals surface area (Å²) < 4.78 is 11.5. The van der Waals surface area contributed by atoms with Gasteiger partial charge < -0.3 is 9.47 Å². The van der Waals surface area contributed by atoms with Crippen molar-refractivity contribution in [2.75, 3.05) is 19.5 Å². The van der Waals surface area contributed by atoms with Crippen molar-refractivity contribution in [3.05, 3.63) is 72.3 Å². The van der Waals surface area contributed by atoms with Crippen LogP contribution in [0.25, 0.3) is 21.3 Å². The molecule has 0 aliphatic rings. The molecule has 3 aromatic carbocycles. The van der Waals surface area contributed by atoms with Gasteiger partial charge in [-0.3, -0.25) is 10.1 Å². The van der Waals surface area contributed by atoms with Gasteiger partial charge >= 0.3 is 0 Å². The summed E-state index contributed by atoms with van der Waals surface area (Å²) in [5.74, 6) is 1.04. The fourth-order valence-corrected chi connectivity index (χ4v) is 3.79. The van der Waals surface area contributed by atoms with Crippen LogP contribution in [0, 0.1) is 0 Å². The molecule has 0 aliphatic heterocycles. The van der Waals surface area contributed by atoms with Crippen LogP contribution in [0.4, 0.5) is 5.13 Å². The van der Waals surface area contributed by atoms with E-state index in [-0.39, 0.29) is 5.91 Å². The molecule has 1 heterocycles. The molecule has 0 bridgehead atoms. The second kappa shape index (κ2) is 7.70. The third-order valence-electron chi connectivity index (χ3n) is 4.37. The molecule has 1 N–H and O–H groups in total. The van der Waals surface area contributed by atoms with Crippen molar-refractivity contribution >= 4 is 32.6 Å². The zero-order valence-electron chi connectivity index (χ0n) is 15.4. The molecule has 0 fully saturated rings. The largest absolute Gasteiger partial charge is 0.493 e. The number of nitrogens with zero attached hydrogens (tertiary/aromatic N) is 1. The number of hydrogen-bond acceptors (Lipinski definition) is 5. The molecule has 0 atom stereocenters. The Morgan fingerprint density at radius 3 is 2.21 bits per heavy atom. The van der Waals surface area contributed by atoms with E-state index in [9.17, 15) is 4.79 Å².